The Bertz CT molecular complexity index is 794. The number of amides is 4. The van der Waals surface area contributed by atoms with Gasteiger partial charge < -0.3 is 10.6 Å². The highest BCUT2D eigenvalue weighted by atomic mass is 35.5. The van der Waals surface area contributed by atoms with Gasteiger partial charge in [-0.2, -0.15) is 0 Å². The second-order valence-electron chi connectivity index (χ2n) is 6.86. The van der Waals surface area contributed by atoms with Crippen LogP contribution < -0.4 is 10.6 Å². The number of nitrogens with one attached hydrogen (secondary N) is 2. The summed E-state index contributed by atoms with van der Waals surface area (Å²) in [5.41, 5.74) is 0.392. The summed E-state index contributed by atoms with van der Waals surface area (Å²) in [6.07, 6.45) is 6.01. The van der Waals surface area contributed by atoms with Crippen LogP contribution in [0.3, 0.4) is 0 Å². The molecular formula is C18H17Cl2N3O3. The van der Waals surface area contributed by atoms with Gasteiger partial charge in [0, 0.05) is 5.02 Å². The van der Waals surface area contributed by atoms with Gasteiger partial charge in [-0.1, -0.05) is 35.4 Å². The monoisotopic (exact) mass is 393 g/mol. The maximum atomic E-state index is 12.7. The van der Waals surface area contributed by atoms with Crippen LogP contribution in [0.2, 0.25) is 10.0 Å². The molecule has 1 saturated heterocycles. The third-order valence-corrected chi connectivity index (χ3v) is 5.98. The van der Waals surface area contributed by atoms with Crippen molar-refractivity contribution in [2.24, 2.45) is 23.7 Å². The van der Waals surface area contributed by atoms with Gasteiger partial charge in [-0.15, -0.1) is 0 Å². The van der Waals surface area contributed by atoms with Crippen LogP contribution in [0, 0.1) is 23.7 Å². The molecule has 2 bridgehead atoms. The number of benzene rings is 1. The van der Waals surface area contributed by atoms with Gasteiger partial charge in [-0.05, 0) is 42.9 Å². The lowest BCUT2D eigenvalue weighted by molar-refractivity contribution is -0.140. The number of rotatable bonds is 3. The van der Waals surface area contributed by atoms with Crippen molar-refractivity contribution in [1.82, 2.24) is 10.2 Å². The first-order valence-electron chi connectivity index (χ1n) is 8.49. The predicted octanol–water partition coefficient (Wildman–Crippen LogP) is 3.27. The van der Waals surface area contributed by atoms with Crippen molar-refractivity contribution in [1.29, 1.82) is 0 Å². The van der Waals surface area contributed by atoms with Gasteiger partial charge in [0.2, 0.25) is 11.8 Å². The number of carbonyl (C=O) groups is 3. The molecule has 5 rings (SSSR count). The summed E-state index contributed by atoms with van der Waals surface area (Å²) < 4.78 is 0. The molecule has 0 radical (unpaired) electrons. The number of fused-ring (bicyclic) bond motifs is 1. The number of carbonyl (C=O) groups excluding carboxylic acids is 3. The number of urea groups is 1. The SMILES string of the molecule is O=C(NCN1C(=O)[C@H]2[C@H](C1=O)[C@H]1C=C[C@H]2CC1)Nc1ccc(Cl)cc1Cl. The lowest BCUT2D eigenvalue weighted by Crippen LogP contribution is -2.43. The molecule has 6 nitrogen and oxygen atoms in total. The summed E-state index contributed by atoms with van der Waals surface area (Å²) in [4.78, 5) is 38.6. The molecule has 1 aromatic carbocycles. The number of imide groups is 1. The van der Waals surface area contributed by atoms with E-state index in [4.69, 9.17) is 23.2 Å². The molecule has 2 fully saturated rings. The fraction of sp³-hybridized carbons (Fsp3) is 0.389. The Morgan fingerprint density at radius 2 is 1.69 bits per heavy atom. The fourth-order valence-electron chi connectivity index (χ4n) is 4.20. The van der Waals surface area contributed by atoms with Gasteiger partial charge in [0.05, 0.1) is 22.5 Å². The maximum Gasteiger partial charge on any atom is 0.320 e. The summed E-state index contributed by atoms with van der Waals surface area (Å²) >= 11 is 11.8. The Morgan fingerprint density at radius 1 is 1.08 bits per heavy atom. The zero-order valence-electron chi connectivity index (χ0n) is 13.7. The average molecular weight is 394 g/mol. The minimum absolute atomic E-state index is 0.133. The van der Waals surface area contributed by atoms with Gasteiger partial charge in [0.15, 0.2) is 0 Å². The molecule has 0 spiro atoms. The Hall–Kier alpha value is -2.05. The van der Waals surface area contributed by atoms with E-state index in [-0.39, 0.29) is 42.2 Å². The molecule has 4 atom stereocenters. The van der Waals surface area contributed by atoms with Crippen LogP contribution in [-0.2, 0) is 9.59 Å². The molecule has 1 saturated carbocycles. The lowest BCUT2D eigenvalue weighted by atomic mass is 9.63. The number of allylic oxidation sites excluding steroid dienone is 2. The normalized spacial score (nSPS) is 29.1. The first-order valence-corrected chi connectivity index (χ1v) is 9.25. The van der Waals surface area contributed by atoms with Crippen molar-refractivity contribution in [3.05, 3.63) is 40.4 Å². The zero-order valence-corrected chi connectivity index (χ0v) is 15.3. The van der Waals surface area contributed by atoms with E-state index < -0.39 is 6.03 Å². The van der Waals surface area contributed by atoms with E-state index in [1.54, 1.807) is 12.1 Å². The molecule has 1 aliphatic heterocycles. The maximum absolute atomic E-state index is 12.7. The van der Waals surface area contributed by atoms with Gasteiger partial charge >= 0.3 is 6.03 Å². The molecule has 4 amide bonds. The van der Waals surface area contributed by atoms with Crippen molar-refractivity contribution >= 4 is 46.7 Å². The third-order valence-electron chi connectivity index (χ3n) is 5.43. The summed E-state index contributed by atoms with van der Waals surface area (Å²) in [5, 5.41) is 5.90. The lowest BCUT2D eigenvalue weighted by Gasteiger charge is -2.38. The van der Waals surface area contributed by atoms with E-state index in [0.717, 1.165) is 17.7 Å². The molecular weight excluding hydrogens is 377 g/mol. The van der Waals surface area contributed by atoms with Crippen LogP contribution in [-0.4, -0.2) is 29.4 Å². The second kappa shape index (κ2) is 6.59. The molecule has 1 heterocycles. The molecule has 3 aliphatic carbocycles. The minimum atomic E-state index is -0.550. The number of hydrogen-bond acceptors (Lipinski definition) is 3. The Labute approximate surface area is 160 Å². The van der Waals surface area contributed by atoms with Crippen LogP contribution in [0.5, 0.6) is 0 Å². The van der Waals surface area contributed by atoms with E-state index in [2.05, 4.69) is 22.8 Å². The average Bonchev–Trinajstić information content (AvgIpc) is 2.90. The van der Waals surface area contributed by atoms with Crippen LogP contribution in [0.15, 0.2) is 30.4 Å². The van der Waals surface area contributed by atoms with E-state index in [9.17, 15) is 14.4 Å². The van der Waals surface area contributed by atoms with Gasteiger partial charge in [0.1, 0.15) is 6.67 Å². The molecule has 1 aromatic rings. The van der Waals surface area contributed by atoms with Crippen LogP contribution in [0.1, 0.15) is 12.8 Å². The smallest absolute Gasteiger partial charge is 0.320 e. The van der Waals surface area contributed by atoms with E-state index in [0.29, 0.717) is 15.7 Å². The molecule has 0 aromatic heterocycles. The highest BCUT2D eigenvalue weighted by Gasteiger charge is 2.56. The second-order valence-corrected chi connectivity index (χ2v) is 7.70. The zero-order chi connectivity index (χ0) is 18.4. The molecule has 2 N–H and O–H groups in total. The number of hydrogen-bond donors (Lipinski definition) is 2. The molecule has 8 heteroatoms. The first kappa shape index (κ1) is 17.4. The third kappa shape index (κ3) is 2.87. The minimum Gasteiger partial charge on any atom is -0.320 e. The first-order chi connectivity index (χ1) is 12.5. The largest absolute Gasteiger partial charge is 0.320 e. The van der Waals surface area contributed by atoms with E-state index in [1.807, 2.05) is 0 Å². The van der Waals surface area contributed by atoms with Crippen molar-refractivity contribution in [2.75, 3.05) is 12.0 Å². The quantitative estimate of drug-likeness (QED) is 0.610. The number of nitrogens with zero attached hydrogens (tertiary/aromatic N) is 1. The van der Waals surface area contributed by atoms with E-state index >= 15 is 0 Å². The summed E-state index contributed by atoms with van der Waals surface area (Å²) in [5.74, 6) is -0.669. The van der Waals surface area contributed by atoms with Crippen molar-refractivity contribution in [3.8, 4) is 0 Å². The summed E-state index contributed by atoms with van der Waals surface area (Å²) in [6.45, 7) is -0.152. The molecule has 26 heavy (non-hydrogen) atoms. The van der Waals surface area contributed by atoms with Crippen molar-refractivity contribution < 1.29 is 14.4 Å². The number of anilines is 1. The molecule has 0 unspecified atom stereocenters. The van der Waals surface area contributed by atoms with Gasteiger partial charge in [-0.25, -0.2) is 4.79 Å². The number of halogens is 2. The van der Waals surface area contributed by atoms with Crippen LogP contribution in [0.4, 0.5) is 10.5 Å². The van der Waals surface area contributed by atoms with Crippen molar-refractivity contribution in [2.45, 2.75) is 12.8 Å². The summed E-state index contributed by atoms with van der Waals surface area (Å²) in [6, 6.07) is 4.14. The van der Waals surface area contributed by atoms with Crippen LogP contribution in [0.25, 0.3) is 0 Å². The number of likely N-dealkylation sites (tertiary alicyclic amines) is 1. The van der Waals surface area contributed by atoms with Crippen LogP contribution >= 0.6 is 23.2 Å². The highest BCUT2D eigenvalue weighted by Crippen LogP contribution is 2.49. The van der Waals surface area contributed by atoms with Gasteiger partial charge in [0.25, 0.3) is 0 Å². The van der Waals surface area contributed by atoms with Crippen molar-refractivity contribution in [3.63, 3.8) is 0 Å². The highest BCUT2D eigenvalue weighted by molar-refractivity contribution is 6.36. The van der Waals surface area contributed by atoms with E-state index in [1.165, 1.54) is 6.07 Å². The Kier molecular flexibility index (Phi) is 4.40. The standard InChI is InChI=1S/C18H17Cl2N3O3/c19-11-5-6-13(12(20)7-11)22-18(26)21-8-23-16(24)14-9-1-2-10(4-3-9)15(14)17(23)25/h1-2,5-7,9-10,14-15H,3-4,8H2,(H2,21,22,26)/t9-,10-,14+,15+/m0/s1. The topological polar surface area (TPSA) is 78.5 Å². The summed E-state index contributed by atoms with van der Waals surface area (Å²) in [7, 11) is 0. The predicted molar refractivity (Wildman–Crippen MR) is 97.7 cm³/mol. The van der Waals surface area contributed by atoms with Gasteiger partial charge in [-0.3, -0.25) is 14.5 Å². The Balaban J connectivity index is 1.40. The molecule has 136 valence electrons. The molecule has 4 aliphatic rings. The fourth-order valence-corrected chi connectivity index (χ4v) is 4.66. The Morgan fingerprint density at radius 3 is 2.23 bits per heavy atom.